The monoisotopic (exact) mass is 182 g/mol. The van der Waals surface area contributed by atoms with Gasteiger partial charge in [-0.15, -0.1) is 0 Å². The first-order chi connectivity index (χ1) is 6.20. The molecule has 1 rings (SSSR count). The maximum Gasteiger partial charge on any atom is 0.125 e. The third-order valence-electron chi connectivity index (χ3n) is 2.14. The normalized spacial score (nSPS) is 10.2. The van der Waals surface area contributed by atoms with Crippen LogP contribution in [0.1, 0.15) is 16.7 Å². The Labute approximate surface area is 77.8 Å². The summed E-state index contributed by atoms with van der Waals surface area (Å²) in [5.74, 6) is 0.856. The Balaban J connectivity index is 3.11. The molecule has 0 bridgehead atoms. The van der Waals surface area contributed by atoms with Gasteiger partial charge < -0.3 is 4.74 Å². The molecular weight excluding hydrogens is 168 g/mol. The molecule has 1 N–H and O–H groups in total. The molecule has 13 heavy (non-hydrogen) atoms. The van der Waals surface area contributed by atoms with Crippen LogP contribution in [0.3, 0.4) is 0 Å². The molecule has 0 amide bonds. The van der Waals surface area contributed by atoms with Gasteiger partial charge in [0.2, 0.25) is 0 Å². The van der Waals surface area contributed by atoms with Crippen LogP contribution in [0, 0.1) is 13.8 Å². The molecule has 3 heteroatoms. The van der Waals surface area contributed by atoms with E-state index in [0.717, 1.165) is 22.4 Å². The molecule has 0 atom stereocenters. The number of rotatable bonds is 3. The first-order valence-corrected chi connectivity index (χ1v) is 4.10. The summed E-state index contributed by atoms with van der Waals surface area (Å²) in [6.07, 6.45) is 0. The highest BCUT2D eigenvalue weighted by Crippen LogP contribution is 2.25. The average Bonchev–Trinajstić information content (AvgIpc) is 2.11. The summed E-state index contributed by atoms with van der Waals surface area (Å²) in [6.45, 7) is 4.12. The molecule has 72 valence electrons. The molecule has 1 aromatic carbocycles. The van der Waals surface area contributed by atoms with Gasteiger partial charge in [0, 0.05) is 0 Å². The van der Waals surface area contributed by atoms with Crippen LogP contribution in [-0.4, -0.2) is 12.4 Å². The van der Waals surface area contributed by atoms with Crippen molar-refractivity contribution in [2.24, 2.45) is 0 Å². The molecule has 0 unspecified atom stereocenters. The van der Waals surface area contributed by atoms with E-state index in [1.165, 1.54) is 0 Å². The number of hydrogen-bond acceptors (Lipinski definition) is 3. The molecule has 1 aromatic rings. The van der Waals surface area contributed by atoms with Gasteiger partial charge in [0.25, 0.3) is 0 Å². The van der Waals surface area contributed by atoms with Crippen molar-refractivity contribution in [3.8, 4) is 5.75 Å². The van der Waals surface area contributed by atoms with Gasteiger partial charge in [-0.25, -0.2) is 4.89 Å². The van der Waals surface area contributed by atoms with E-state index in [2.05, 4.69) is 4.89 Å². The minimum absolute atomic E-state index is 0.197. The van der Waals surface area contributed by atoms with Crippen molar-refractivity contribution in [1.29, 1.82) is 0 Å². The maximum absolute atomic E-state index is 8.34. The third kappa shape index (κ3) is 1.99. The van der Waals surface area contributed by atoms with Crippen LogP contribution in [0.5, 0.6) is 5.75 Å². The zero-order valence-corrected chi connectivity index (χ0v) is 8.13. The Morgan fingerprint density at radius 3 is 2.54 bits per heavy atom. The molecule has 0 fully saturated rings. The third-order valence-corrected chi connectivity index (χ3v) is 2.14. The number of hydrogen-bond donors (Lipinski definition) is 1. The van der Waals surface area contributed by atoms with Crippen LogP contribution in [0.15, 0.2) is 12.1 Å². The van der Waals surface area contributed by atoms with Crippen LogP contribution < -0.4 is 4.74 Å². The highest BCUT2D eigenvalue weighted by molar-refractivity contribution is 5.44. The van der Waals surface area contributed by atoms with Gasteiger partial charge in [-0.05, 0) is 30.5 Å². The van der Waals surface area contributed by atoms with Crippen LogP contribution in [0.4, 0.5) is 0 Å². The molecule has 0 radical (unpaired) electrons. The molecule has 3 nitrogen and oxygen atoms in total. The van der Waals surface area contributed by atoms with Crippen molar-refractivity contribution < 1.29 is 14.9 Å². The molecule has 0 aliphatic carbocycles. The summed E-state index contributed by atoms with van der Waals surface area (Å²) in [4.78, 5) is 4.09. The second-order valence-electron chi connectivity index (χ2n) is 2.97. The lowest BCUT2D eigenvalue weighted by Crippen LogP contribution is -1.97. The summed E-state index contributed by atoms with van der Waals surface area (Å²) in [7, 11) is 1.64. The molecule has 0 aromatic heterocycles. The van der Waals surface area contributed by atoms with E-state index < -0.39 is 0 Å². The average molecular weight is 182 g/mol. The number of aryl methyl sites for hydroxylation is 1. The van der Waals surface area contributed by atoms with Crippen molar-refractivity contribution in [2.75, 3.05) is 7.11 Å². The molecule has 0 spiro atoms. The molecule has 0 aliphatic heterocycles. The highest BCUT2D eigenvalue weighted by atomic mass is 17.1. The predicted molar refractivity (Wildman–Crippen MR) is 49.9 cm³/mol. The van der Waals surface area contributed by atoms with E-state index >= 15 is 0 Å². The largest absolute Gasteiger partial charge is 0.496 e. The topological polar surface area (TPSA) is 38.7 Å². The fourth-order valence-corrected chi connectivity index (χ4v) is 1.41. The van der Waals surface area contributed by atoms with Crippen LogP contribution in [0.2, 0.25) is 0 Å². The van der Waals surface area contributed by atoms with E-state index in [1.54, 1.807) is 7.11 Å². The zero-order valence-electron chi connectivity index (χ0n) is 8.13. The Morgan fingerprint density at radius 2 is 2.00 bits per heavy atom. The first-order valence-electron chi connectivity index (χ1n) is 4.10. The lowest BCUT2D eigenvalue weighted by atomic mass is 10.0. The van der Waals surface area contributed by atoms with Crippen molar-refractivity contribution in [3.05, 3.63) is 28.8 Å². The Morgan fingerprint density at radius 1 is 1.31 bits per heavy atom. The van der Waals surface area contributed by atoms with E-state index in [9.17, 15) is 0 Å². The summed E-state index contributed by atoms with van der Waals surface area (Å²) in [6, 6.07) is 3.86. The van der Waals surface area contributed by atoms with Crippen LogP contribution in [0.25, 0.3) is 0 Å². The van der Waals surface area contributed by atoms with Crippen molar-refractivity contribution in [3.63, 3.8) is 0 Å². The Hall–Kier alpha value is -1.06. The van der Waals surface area contributed by atoms with Crippen LogP contribution in [-0.2, 0) is 11.5 Å². The summed E-state index contributed by atoms with van der Waals surface area (Å²) in [5, 5.41) is 8.34. The Kier molecular flexibility index (Phi) is 3.28. The molecule has 0 saturated carbocycles. The second kappa shape index (κ2) is 4.25. The van der Waals surface area contributed by atoms with Gasteiger partial charge in [0.15, 0.2) is 0 Å². The molecule has 0 aliphatic rings. The molecule has 0 heterocycles. The molecule has 0 saturated heterocycles. The van der Waals surface area contributed by atoms with Gasteiger partial charge in [-0.1, -0.05) is 12.1 Å². The summed E-state index contributed by atoms with van der Waals surface area (Å²) in [5.41, 5.74) is 3.03. The second-order valence-corrected chi connectivity index (χ2v) is 2.97. The van der Waals surface area contributed by atoms with E-state index in [0.29, 0.717) is 0 Å². The quantitative estimate of drug-likeness (QED) is 0.575. The van der Waals surface area contributed by atoms with Gasteiger partial charge in [-0.3, -0.25) is 5.26 Å². The fourth-order valence-electron chi connectivity index (χ4n) is 1.41. The minimum atomic E-state index is 0.197. The number of ether oxygens (including phenoxy) is 1. The van der Waals surface area contributed by atoms with Crippen molar-refractivity contribution in [2.45, 2.75) is 20.5 Å². The fraction of sp³-hybridized carbons (Fsp3) is 0.400. The summed E-state index contributed by atoms with van der Waals surface area (Å²) < 4.78 is 5.23. The molecular formula is C10H14O3. The van der Waals surface area contributed by atoms with Gasteiger partial charge in [-0.2, -0.15) is 0 Å². The smallest absolute Gasteiger partial charge is 0.125 e. The zero-order chi connectivity index (χ0) is 9.84. The SMILES string of the molecule is COc1c(C)ccc(COO)c1C. The van der Waals surface area contributed by atoms with E-state index in [-0.39, 0.29) is 6.61 Å². The Bertz CT molecular complexity index is 294. The number of benzene rings is 1. The van der Waals surface area contributed by atoms with Crippen LogP contribution >= 0.6 is 0 Å². The lowest BCUT2D eigenvalue weighted by molar-refractivity contribution is -0.253. The van der Waals surface area contributed by atoms with Crippen molar-refractivity contribution >= 4 is 0 Å². The van der Waals surface area contributed by atoms with Gasteiger partial charge >= 0.3 is 0 Å². The standard InChI is InChI=1S/C10H14O3/c1-7-4-5-9(6-13-11)8(2)10(7)12-3/h4-5,11H,6H2,1-3H3. The lowest BCUT2D eigenvalue weighted by Gasteiger charge is -2.11. The summed E-state index contributed by atoms with van der Waals surface area (Å²) >= 11 is 0. The van der Waals surface area contributed by atoms with E-state index in [1.807, 2.05) is 26.0 Å². The van der Waals surface area contributed by atoms with Gasteiger partial charge in [0.1, 0.15) is 12.4 Å². The van der Waals surface area contributed by atoms with E-state index in [4.69, 9.17) is 9.99 Å². The van der Waals surface area contributed by atoms with Crippen molar-refractivity contribution in [1.82, 2.24) is 0 Å². The maximum atomic E-state index is 8.34. The first kappa shape index (κ1) is 10.0. The predicted octanol–water partition coefficient (Wildman–Crippen LogP) is 2.30. The number of methoxy groups -OCH3 is 1. The minimum Gasteiger partial charge on any atom is -0.496 e. The highest BCUT2D eigenvalue weighted by Gasteiger charge is 2.07. The van der Waals surface area contributed by atoms with Gasteiger partial charge in [0.05, 0.1) is 7.11 Å².